The maximum Gasteiger partial charge on any atom is 0.226 e. The lowest BCUT2D eigenvalue weighted by Crippen LogP contribution is -2.44. The first-order chi connectivity index (χ1) is 12.5. The molecule has 0 aliphatic carbocycles. The molecule has 0 spiro atoms. The molecule has 1 aliphatic rings. The van der Waals surface area contributed by atoms with Gasteiger partial charge in [-0.3, -0.25) is 9.69 Å². The smallest absolute Gasteiger partial charge is 0.226 e. The zero-order valence-electron chi connectivity index (χ0n) is 15.7. The Morgan fingerprint density at radius 1 is 1.27 bits per heavy atom. The number of carbonyl (C=O) groups excluding carboxylic acids is 1. The number of ether oxygens (including phenoxy) is 1. The van der Waals surface area contributed by atoms with Gasteiger partial charge in [-0.2, -0.15) is 0 Å². The molecule has 1 fully saturated rings. The Morgan fingerprint density at radius 3 is 2.65 bits per heavy atom. The van der Waals surface area contributed by atoms with E-state index >= 15 is 0 Å². The number of benzene rings is 1. The van der Waals surface area contributed by atoms with Crippen molar-refractivity contribution in [2.45, 2.75) is 52.4 Å². The Balaban J connectivity index is 1.46. The fraction of sp³-hybridized carbons (Fsp3) is 0.500. The summed E-state index contributed by atoms with van der Waals surface area (Å²) < 4.78 is 5.77. The summed E-state index contributed by atoms with van der Waals surface area (Å²) in [5.74, 6) is 0.0140. The number of morpholine rings is 1. The maximum absolute atomic E-state index is 12.2. The molecule has 5 nitrogen and oxygen atoms in total. The minimum absolute atomic E-state index is 0.0140. The highest BCUT2D eigenvalue weighted by Crippen LogP contribution is 2.19. The van der Waals surface area contributed by atoms with E-state index < -0.39 is 0 Å². The molecule has 1 aromatic carbocycles. The molecule has 2 atom stereocenters. The van der Waals surface area contributed by atoms with Gasteiger partial charge in [0.1, 0.15) is 0 Å². The van der Waals surface area contributed by atoms with Gasteiger partial charge in [0.05, 0.1) is 17.9 Å². The third kappa shape index (κ3) is 5.62. The van der Waals surface area contributed by atoms with E-state index in [1.165, 1.54) is 22.5 Å². The van der Waals surface area contributed by atoms with Crippen LogP contribution >= 0.6 is 11.3 Å². The SMILES string of the molecule is Cc1ccc(CCC(=O)Nc2nc(CN3C[C@H](C)O[C@@H](C)C3)cs2)cc1. The van der Waals surface area contributed by atoms with Crippen molar-refractivity contribution in [3.8, 4) is 0 Å². The predicted molar refractivity (Wildman–Crippen MR) is 106 cm³/mol. The summed E-state index contributed by atoms with van der Waals surface area (Å²) in [6.07, 6.45) is 1.71. The van der Waals surface area contributed by atoms with E-state index in [9.17, 15) is 4.79 Å². The maximum atomic E-state index is 12.2. The average Bonchev–Trinajstić information content (AvgIpc) is 3.00. The van der Waals surface area contributed by atoms with Gasteiger partial charge in [0.15, 0.2) is 5.13 Å². The number of hydrogen-bond acceptors (Lipinski definition) is 5. The summed E-state index contributed by atoms with van der Waals surface area (Å²) in [5, 5.41) is 5.64. The van der Waals surface area contributed by atoms with Crippen molar-refractivity contribution in [2.24, 2.45) is 0 Å². The molecule has 2 heterocycles. The summed E-state index contributed by atoms with van der Waals surface area (Å²) in [6.45, 7) is 8.90. The Bertz CT molecular complexity index is 719. The molecule has 1 aliphatic heterocycles. The number of amides is 1. The summed E-state index contributed by atoms with van der Waals surface area (Å²) in [7, 11) is 0. The molecule has 3 rings (SSSR count). The molecular formula is C20H27N3O2S. The van der Waals surface area contributed by atoms with Crippen molar-refractivity contribution < 1.29 is 9.53 Å². The fourth-order valence-electron chi connectivity index (χ4n) is 3.27. The number of hydrogen-bond donors (Lipinski definition) is 1. The first-order valence-corrected chi connectivity index (χ1v) is 10.0. The van der Waals surface area contributed by atoms with Gasteiger partial charge in [0.25, 0.3) is 0 Å². The lowest BCUT2D eigenvalue weighted by Gasteiger charge is -2.34. The highest BCUT2D eigenvalue weighted by molar-refractivity contribution is 7.13. The molecule has 0 bridgehead atoms. The van der Waals surface area contributed by atoms with Crippen LogP contribution in [-0.4, -0.2) is 41.1 Å². The molecule has 2 aromatic rings. The van der Waals surface area contributed by atoms with Crippen LogP contribution < -0.4 is 5.32 Å². The van der Waals surface area contributed by atoms with Crippen molar-refractivity contribution in [1.29, 1.82) is 0 Å². The minimum atomic E-state index is 0.0140. The number of aryl methyl sites for hydroxylation is 2. The average molecular weight is 374 g/mol. The summed E-state index contributed by atoms with van der Waals surface area (Å²) in [6, 6.07) is 8.31. The van der Waals surface area contributed by atoms with E-state index in [-0.39, 0.29) is 18.1 Å². The molecule has 140 valence electrons. The van der Waals surface area contributed by atoms with Crippen molar-refractivity contribution in [2.75, 3.05) is 18.4 Å². The number of nitrogens with one attached hydrogen (secondary N) is 1. The van der Waals surface area contributed by atoms with E-state index in [0.29, 0.717) is 11.6 Å². The lowest BCUT2D eigenvalue weighted by molar-refractivity contribution is -0.116. The standard InChI is InChI=1S/C20H27N3O2S/c1-14-4-6-17(7-5-14)8-9-19(24)22-20-21-18(13-26-20)12-23-10-15(2)25-16(3)11-23/h4-7,13,15-16H,8-12H2,1-3H3,(H,21,22,24)/t15-,16-/m0/s1. The Hall–Kier alpha value is -1.76. The molecule has 1 aromatic heterocycles. The first kappa shape index (κ1) is 19.0. The minimum Gasteiger partial charge on any atom is -0.373 e. The van der Waals surface area contributed by atoms with Gasteiger partial charge in [-0.05, 0) is 32.8 Å². The van der Waals surface area contributed by atoms with Crippen LogP contribution in [0.5, 0.6) is 0 Å². The first-order valence-electron chi connectivity index (χ1n) is 9.15. The lowest BCUT2D eigenvalue weighted by atomic mass is 10.1. The van der Waals surface area contributed by atoms with Crippen molar-refractivity contribution in [3.63, 3.8) is 0 Å². The van der Waals surface area contributed by atoms with Crippen LogP contribution in [0.4, 0.5) is 5.13 Å². The van der Waals surface area contributed by atoms with Gasteiger partial charge in [-0.1, -0.05) is 29.8 Å². The third-order valence-corrected chi connectivity index (χ3v) is 5.25. The third-order valence-electron chi connectivity index (χ3n) is 4.44. The van der Waals surface area contributed by atoms with Crippen LogP contribution in [0, 0.1) is 6.92 Å². The molecule has 1 saturated heterocycles. The summed E-state index contributed by atoms with van der Waals surface area (Å²) in [5.41, 5.74) is 3.42. The van der Waals surface area contributed by atoms with E-state index in [1.54, 1.807) is 0 Å². The molecular weight excluding hydrogens is 346 g/mol. The zero-order chi connectivity index (χ0) is 18.5. The topological polar surface area (TPSA) is 54.5 Å². The molecule has 0 saturated carbocycles. The van der Waals surface area contributed by atoms with Gasteiger partial charge in [0.2, 0.25) is 5.91 Å². The predicted octanol–water partition coefficient (Wildman–Crippen LogP) is 3.63. The summed E-state index contributed by atoms with van der Waals surface area (Å²) in [4.78, 5) is 19.1. The monoisotopic (exact) mass is 373 g/mol. The number of anilines is 1. The Morgan fingerprint density at radius 2 is 1.96 bits per heavy atom. The highest BCUT2D eigenvalue weighted by Gasteiger charge is 2.22. The largest absolute Gasteiger partial charge is 0.373 e. The van der Waals surface area contributed by atoms with Gasteiger partial charge in [0, 0.05) is 31.4 Å². The van der Waals surface area contributed by atoms with E-state index in [0.717, 1.165) is 31.7 Å². The van der Waals surface area contributed by atoms with Crippen molar-refractivity contribution >= 4 is 22.4 Å². The normalized spacial score (nSPS) is 20.9. The number of thiazole rings is 1. The van der Waals surface area contributed by atoms with Crippen LogP contribution in [0.25, 0.3) is 0 Å². The molecule has 0 radical (unpaired) electrons. The molecule has 0 unspecified atom stereocenters. The second kappa shape index (κ2) is 8.75. The van der Waals surface area contributed by atoms with Crippen LogP contribution in [0.2, 0.25) is 0 Å². The quantitative estimate of drug-likeness (QED) is 0.840. The van der Waals surface area contributed by atoms with E-state index in [4.69, 9.17) is 4.74 Å². The Labute approximate surface area is 159 Å². The zero-order valence-corrected chi connectivity index (χ0v) is 16.5. The van der Waals surface area contributed by atoms with Crippen LogP contribution in [0.3, 0.4) is 0 Å². The van der Waals surface area contributed by atoms with Crippen LogP contribution in [0.15, 0.2) is 29.6 Å². The summed E-state index contributed by atoms with van der Waals surface area (Å²) >= 11 is 1.49. The van der Waals surface area contributed by atoms with E-state index in [1.807, 2.05) is 5.38 Å². The van der Waals surface area contributed by atoms with Gasteiger partial charge >= 0.3 is 0 Å². The number of rotatable bonds is 6. The number of nitrogens with zero attached hydrogens (tertiary/aromatic N) is 2. The second-order valence-electron chi connectivity index (χ2n) is 7.13. The van der Waals surface area contributed by atoms with Gasteiger partial charge in [-0.15, -0.1) is 11.3 Å². The van der Waals surface area contributed by atoms with Crippen LogP contribution in [0.1, 0.15) is 37.1 Å². The number of aromatic nitrogens is 1. The molecule has 1 N–H and O–H groups in total. The molecule has 1 amide bonds. The molecule has 26 heavy (non-hydrogen) atoms. The second-order valence-corrected chi connectivity index (χ2v) is 7.99. The van der Waals surface area contributed by atoms with Gasteiger partial charge < -0.3 is 10.1 Å². The highest BCUT2D eigenvalue weighted by atomic mass is 32.1. The van der Waals surface area contributed by atoms with E-state index in [2.05, 4.69) is 60.2 Å². The van der Waals surface area contributed by atoms with Crippen LogP contribution in [-0.2, 0) is 22.5 Å². The van der Waals surface area contributed by atoms with Crippen molar-refractivity contribution in [1.82, 2.24) is 9.88 Å². The fourth-order valence-corrected chi connectivity index (χ4v) is 3.99. The van der Waals surface area contributed by atoms with Crippen molar-refractivity contribution in [3.05, 3.63) is 46.5 Å². The molecule has 6 heteroatoms. The van der Waals surface area contributed by atoms with Gasteiger partial charge in [-0.25, -0.2) is 4.98 Å². The Kier molecular flexibility index (Phi) is 6.40. The number of carbonyl (C=O) groups is 1.